The fourth-order valence-electron chi connectivity index (χ4n) is 2.91. The molecule has 32 heavy (non-hydrogen) atoms. The number of hydrazine groups is 1. The van der Waals surface area contributed by atoms with E-state index in [0.717, 1.165) is 0 Å². The van der Waals surface area contributed by atoms with Crippen molar-refractivity contribution in [3.63, 3.8) is 0 Å². The van der Waals surface area contributed by atoms with Gasteiger partial charge >= 0.3 is 0 Å². The Morgan fingerprint density at radius 1 is 0.875 bits per heavy atom. The van der Waals surface area contributed by atoms with Gasteiger partial charge in [-0.3, -0.25) is 25.2 Å². The summed E-state index contributed by atoms with van der Waals surface area (Å²) in [6.45, 7) is 1.73. The molecule has 1 atom stereocenters. The fourth-order valence-corrected chi connectivity index (χ4v) is 2.91. The van der Waals surface area contributed by atoms with Crippen molar-refractivity contribution in [2.45, 2.75) is 19.8 Å². The van der Waals surface area contributed by atoms with Gasteiger partial charge in [-0.2, -0.15) is 0 Å². The molecule has 0 aromatic heterocycles. The molecule has 0 aliphatic carbocycles. The van der Waals surface area contributed by atoms with Crippen molar-refractivity contribution in [2.24, 2.45) is 5.92 Å². The van der Waals surface area contributed by atoms with E-state index in [1.54, 1.807) is 6.92 Å². The molecule has 172 valence electrons. The highest BCUT2D eigenvalue weighted by molar-refractivity contribution is 5.96. The minimum absolute atomic E-state index is 0.00632. The second kappa shape index (κ2) is 11.5. The molecule has 9 nitrogen and oxygen atoms in total. The third-order valence-corrected chi connectivity index (χ3v) is 4.44. The quantitative estimate of drug-likeness (QED) is 0.509. The van der Waals surface area contributed by atoms with E-state index >= 15 is 0 Å². The average Bonchev–Trinajstić information content (AvgIpc) is 2.77. The Morgan fingerprint density at radius 3 is 1.97 bits per heavy atom. The topological polar surface area (TPSA) is 115 Å². The van der Waals surface area contributed by atoms with Crippen LogP contribution < -0.4 is 30.4 Å². The Bertz CT molecular complexity index is 940. The van der Waals surface area contributed by atoms with Crippen molar-refractivity contribution >= 4 is 23.4 Å². The van der Waals surface area contributed by atoms with Crippen molar-refractivity contribution in [1.29, 1.82) is 0 Å². The molecule has 3 amide bonds. The molecule has 0 spiro atoms. The maximum absolute atomic E-state index is 12.9. The number of benzene rings is 2. The number of hydrogen-bond donors (Lipinski definition) is 3. The molecule has 0 aliphatic rings. The largest absolute Gasteiger partial charge is 0.493 e. The minimum Gasteiger partial charge on any atom is -0.493 e. The molecule has 10 heteroatoms. The number of ether oxygens (including phenoxy) is 3. The molecule has 0 saturated heterocycles. The van der Waals surface area contributed by atoms with Gasteiger partial charge in [0.05, 0.1) is 21.3 Å². The van der Waals surface area contributed by atoms with Crippen LogP contribution in [-0.2, 0) is 9.59 Å². The Balaban J connectivity index is 1.86. The second-order valence-corrected chi connectivity index (χ2v) is 6.98. The SMILES string of the molecule is COc1cc(C(=O)NNC(=O)CC(C)CC(=O)Nc2ccc(F)cc2)cc(OC)c1OC. The number of anilines is 1. The van der Waals surface area contributed by atoms with Gasteiger partial charge in [-0.15, -0.1) is 0 Å². The number of amides is 3. The van der Waals surface area contributed by atoms with E-state index < -0.39 is 17.6 Å². The summed E-state index contributed by atoms with van der Waals surface area (Å²) in [7, 11) is 4.30. The number of rotatable bonds is 9. The average molecular weight is 447 g/mol. The third-order valence-electron chi connectivity index (χ3n) is 4.44. The molecular formula is C22H26FN3O6. The fraction of sp³-hybridized carbons (Fsp3) is 0.318. The van der Waals surface area contributed by atoms with E-state index in [1.165, 1.54) is 57.7 Å². The van der Waals surface area contributed by atoms with E-state index in [9.17, 15) is 18.8 Å². The van der Waals surface area contributed by atoms with Crippen LogP contribution in [0.4, 0.5) is 10.1 Å². The summed E-state index contributed by atoms with van der Waals surface area (Å²) in [4.78, 5) is 36.6. The summed E-state index contributed by atoms with van der Waals surface area (Å²) in [5.41, 5.74) is 5.29. The number of methoxy groups -OCH3 is 3. The summed E-state index contributed by atoms with van der Waals surface area (Å²) in [5.74, 6) is -1.13. The lowest BCUT2D eigenvalue weighted by atomic mass is 10.0. The Labute approximate surface area is 185 Å². The summed E-state index contributed by atoms with van der Waals surface area (Å²) in [6.07, 6.45) is 0.0813. The summed E-state index contributed by atoms with van der Waals surface area (Å²) in [5, 5.41) is 2.63. The van der Waals surface area contributed by atoms with Gasteiger partial charge in [0.2, 0.25) is 17.6 Å². The molecule has 2 aromatic rings. The van der Waals surface area contributed by atoms with Crippen LogP contribution in [0.3, 0.4) is 0 Å². The zero-order valence-corrected chi connectivity index (χ0v) is 18.3. The zero-order chi connectivity index (χ0) is 23.7. The maximum Gasteiger partial charge on any atom is 0.269 e. The summed E-state index contributed by atoms with van der Waals surface area (Å²) >= 11 is 0. The van der Waals surface area contributed by atoms with Crippen LogP contribution in [0.2, 0.25) is 0 Å². The first-order valence-corrected chi connectivity index (χ1v) is 9.72. The lowest BCUT2D eigenvalue weighted by Crippen LogP contribution is -2.42. The van der Waals surface area contributed by atoms with E-state index in [1.807, 2.05) is 0 Å². The highest BCUT2D eigenvalue weighted by atomic mass is 19.1. The smallest absolute Gasteiger partial charge is 0.269 e. The normalized spacial score (nSPS) is 11.2. The van der Waals surface area contributed by atoms with Crippen molar-refractivity contribution in [1.82, 2.24) is 10.9 Å². The molecule has 2 aromatic carbocycles. The first-order chi connectivity index (χ1) is 15.3. The predicted molar refractivity (Wildman–Crippen MR) is 115 cm³/mol. The molecule has 0 aliphatic heterocycles. The van der Waals surface area contributed by atoms with Gasteiger partial charge in [0.25, 0.3) is 5.91 Å². The number of halogens is 1. The van der Waals surface area contributed by atoms with Crippen LogP contribution in [0, 0.1) is 11.7 Å². The standard InChI is InChI=1S/C22H26FN3O6/c1-13(9-19(27)24-16-7-5-15(23)6-8-16)10-20(28)25-26-22(29)14-11-17(30-2)21(32-4)18(12-14)31-3/h5-8,11-13H,9-10H2,1-4H3,(H,24,27)(H,25,28)(H,26,29). The van der Waals surface area contributed by atoms with E-state index in [4.69, 9.17) is 14.2 Å². The second-order valence-electron chi connectivity index (χ2n) is 6.98. The number of carbonyl (C=O) groups is 3. The first kappa shape index (κ1) is 24.4. The highest BCUT2D eigenvalue weighted by Crippen LogP contribution is 2.38. The van der Waals surface area contributed by atoms with Crippen LogP contribution in [0.25, 0.3) is 0 Å². The van der Waals surface area contributed by atoms with Gasteiger partial charge in [-0.25, -0.2) is 4.39 Å². The van der Waals surface area contributed by atoms with Gasteiger partial charge in [0.15, 0.2) is 11.5 Å². The third kappa shape index (κ3) is 6.86. The molecule has 0 fully saturated rings. The highest BCUT2D eigenvalue weighted by Gasteiger charge is 2.18. The van der Waals surface area contributed by atoms with Crippen LogP contribution in [0.15, 0.2) is 36.4 Å². The minimum atomic E-state index is -0.584. The lowest BCUT2D eigenvalue weighted by molar-refractivity contribution is -0.123. The van der Waals surface area contributed by atoms with Gasteiger partial charge in [0.1, 0.15) is 5.82 Å². The van der Waals surface area contributed by atoms with E-state index in [0.29, 0.717) is 22.9 Å². The molecule has 0 saturated carbocycles. The molecule has 0 radical (unpaired) electrons. The van der Waals surface area contributed by atoms with Crippen LogP contribution in [0.1, 0.15) is 30.1 Å². The number of nitrogens with one attached hydrogen (secondary N) is 3. The molecular weight excluding hydrogens is 421 g/mol. The van der Waals surface area contributed by atoms with Gasteiger partial charge < -0.3 is 19.5 Å². The molecule has 1 unspecified atom stereocenters. The number of hydrogen-bond acceptors (Lipinski definition) is 6. The number of carbonyl (C=O) groups excluding carboxylic acids is 3. The monoisotopic (exact) mass is 447 g/mol. The first-order valence-electron chi connectivity index (χ1n) is 9.72. The summed E-state index contributed by atoms with van der Waals surface area (Å²) in [6, 6.07) is 8.27. The molecule has 2 rings (SSSR count). The van der Waals surface area contributed by atoms with Crippen molar-refractivity contribution in [3.8, 4) is 17.2 Å². The van der Waals surface area contributed by atoms with Gasteiger partial charge in [-0.1, -0.05) is 6.92 Å². The maximum atomic E-state index is 12.9. The Hall–Kier alpha value is -3.82. The van der Waals surface area contributed by atoms with Crippen molar-refractivity contribution < 1.29 is 33.0 Å². The van der Waals surface area contributed by atoms with Gasteiger partial charge in [0, 0.05) is 24.1 Å². The van der Waals surface area contributed by atoms with Crippen molar-refractivity contribution in [2.75, 3.05) is 26.6 Å². The molecule has 0 bridgehead atoms. The van der Waals surface area contributed by atoms with Crippen LogP contribution in [-0.4, -0.2) is 39.1 Å². The zero-order valence-electron chi connectivity index (χ0n) is 18.3. The van der Waals surface area contributed by atoms with Gasteiger partial charge in [-0.05, 0) is 42.3 Å². The van der Waals surface area contributed by atoms with Crippen molar-refractivity contribution in [3.05, 3.63) is 47.8 Å². The Morgan fingerprint density at radius 2 is 1.44 bits per heavy atom. The summed E-state index contributed by atoms with van der Waals surface area (Å²) < 4.78 is 28.5. The van der Waals surface area contributed by atoms with E-state index in [-0.39, 0.29) is 30.2 Å². The molecule has 0 heterocycles. The van der Waals surface area contributed by atoms with Crippen LogP contribution in [0.5, 0.6) is 17.2 Å². The molecule has 3 N–H and O–H groups in total. The predicted octanol–water partition coefficient (Wildman–Crippen LogP) is 2.67. The van der Waals surface area contributed by atoms with E-state index in [2.05, 4.69) is 16.2 Å². The van der Waals surface area contributed by atoms with Crippen LogP contribution >= 0.6 is 0 Å². The lowest BCUT2D eigenvalue weighted by Gasteiger charge is -2.15. The Kier molecular flexibility index (Phi) is 8.82.